The summed E-state index contributed by atoms with van der Waals surface area (Å²) in [6, 6.07) is 13.8. The van der Waals surface area contributed by atoms with E-state index in [9.17, 15) is 9.59 Å². The number of benzene rings is 1. The van der Waals surface area contributed by atoms with Crippen LogP contribution in [0.5, 0.6) is 0 Å². The molecule has 0 saturated carbocycles. The Morgan fingerprint density at radius 2 is 2.04 bits per heavy atom. The number of nitrogens with one attached hydrogen (secondary N) is 1. The first kappa shape index (κ1) is 17.1. The van der Waals surface area contributed by atoms with Crippen LogP contribution in [0.2, 0.25) is 0 Å². The molecule has 1 aliphatic rings. The zero-order valence-corrected chi connectivity index (χ0v) is 14.4. The number of rotatable bonds is 5. The predicted octanol–water partition coefficient (Wildman–Crippen LogP) is 2.39. The summed E-state index contributed by atoms with van der Waals surface area (Å²) in [4.78, 5) is 30.1. The monoisotopic (exact) mass is 337 g/mol. The number of likely N-dealkylation sites (tertiary alicyclic amines) is 1. The van der Waals surface area contributed by atoms with Gasteiger partial charge in [-0.1, -0.05) is 37.3 Å². The topological polar surface area (TPSA) is 62.3 Å². The van der Waals surface area contributed by atoms with E-state index in [1.165, 1.54) is 11.8 Å². The Bertz CT molecular complexity index is 733. The quantitative estimate of drug-likeness (QED) is 0.911. The summed E-state index contributed by atoms with van der Waals surface area (Å²) in [7, 11) is 0. The van der Waals surface area contributed by atoms with Gasteiger partial charge >= 0.3 is 0 Å². The van der Waals surface area contributed by atoms with Gasteiger partial charge in [0.1, 0.15) is 0 Å². The zero-order valence-electron chi connectivity index (χ0n) is 14.4. The minimum Gasteiger partial charge on any atom is -0.350 e. The number of hydrogen-bond acceptors (Lipinski definition) is 3. The Kier molecular flexibility index (Phi) is 5.12. The summed E-state index contributed by atoms with van der Waals surface area (Å²) < 4.78 is 0. The summed E-state index contributed by atoms with van der Waals surface area (Å²) in [6.07, 6.45) is 4.57. The molecule has 130 valence electrons. The molecule has 1 aromatic heterocycles. The van der Waals surface area contributed by atoms with E-state index in [2.05, 4.69) is 29.4 Å². The molecule has 1 fully saturated rings. The Balaban J connectivity index is 1.58. The molecule has 1 atom stereocenters. The van der Waals surface area contributed by atoms with Crippen LogP contribution in [0.3, 0.4) is 0 Å². The van der Waals surface area contributed by atoms with Gasteiger partial charge in [-0.15, -0.1) is 0 Å². The minimum absolute atomic E-state index is 0.0392. The second-order valence-corrected chi connectivity index (χ2v) is 6.74. The Morgan fingerprint density at radius 3 is 2.76 bits per heavy atom. The zero-order chi connectivity index (χ0) is 17.7. The van der Waals surface area contributed by atoms with Gasteiger partial charge in [0.2, 0.25) is 5.91 Å². The minimum atomic E-state index is -0.164. The SMILES string of the molecule is C[C@]1(c2ccccc2)CCC(=O)N(CCNC(=O)c2cccnc2)C1. The highest BCUT2D eigenvalue weighted by Crippen LogP contribution is 2.33. The molecule has 25 heavy (non-hydrogen) atoms. The molecule has 2 amide bonds. The summed E-state index contributed by atoms with van der Waals surface area (Å²) in [6.45, 7) is 3.84. The van der Waals surface area contributed by atoms with E-state index < -0.39 is 0 Å². The second-order valence-electron chi connectivity index (χ2n) is 6.74. The van der Waals surface area contributed by atoms with Crippen LogP contribution in [0, 0.1) is 0 Å². The highest BCUT2D eigenvalue weighted by Gasteiger charge is 2.35. The van der Waals surface area contributed by atoms with Crippen LogP contribution in [0.25, 0.3) is 0 Å². The van der Waals surface area contributed by atoms with Gasteiger partial charge in [0.05, 0.1) is 5.56 Å². The van der Waals surface area contributed by atoms with Crippen molar-refractivity contribution in [2.45, 2.75) is 25.2 Å². The molecular formula is C20H23N3O2. The molecule has 1 aliphatic heterocycles. The van der Waals surface area contributed by atoms with Crippen LogP contribution in [0.1, 0.15) is 35.7 Å². The van der Waals surface area contributed by atoms with E-state index >= 15 is 0 Å². The van der Waals surface area contributed by atoms with Gasteiger partial charge in [-0.25, -0.2) is 0 Å². The fourth-order valence-electron chi connectivity index (χ4n) is 3.31. The number of piperidine rings is 1. The Morgan fingerprint density at radius 1 is 1.24 bits per heavy atom. The smallest absolute Gasteiger partial charge is 0.252 e. The van der Waals surface area contributed by atoms with Gasteiger partial charge in [0, 0.05) is 43.9 Å². The van der Waals surface area contributed by atoms with Crippen LogP contribution < -0.4 is 5.32 Å². The lowest BCUT2D eigenvalue weighted by molar-refractivity contribution is -0.135. The Labute approximate surface area is 148 Å². The van der Waals surface area contributed by atoms with Crippen LogP contribution in [0.15, 0.2) is 54.9 Å². The van der Waals surface area contributed by atoms with Gasteiger partial charge < -0.3 is 10.2 Å². The lowest BCUT2D eigenvalue weighted by Gasteiger charge is -2.40. The average molecular weight is 337 g/mol. The Hall–Kier alpha value is -2.69. The van der Waals surface area contributed by atoms with Crippen molar-refractivity contribution in [1.82, 2.24) is 15.2 Å². The molecule has 0 aliphatic carbocycles. The molecule has 2 heterocycles. The van der Waals surface area contributed by atoms with Gasteiger partial charge in [-0.05, 0) is 24.1 Å². The van der Waals surface area contributed by atoms with Crippen LogP contribution in [0.4, 0.5) is 0 Å². The van der Waals surface area contributed by atoms with Crippen LogP contribution >= 0.6 is 0 Å². The van der Waals surface area contributed by atoms with E-state index in [0.717, 1.165) is 6.42 Å². The number of pyridine rings is 1. The maximum Gasteiger partial charge on any atom is 0.252 e. The third-order valence-electron chi connectivity index (χ3n) is 4.84. The number of amides is 2. The van der Waals surface area contributed by atoms with Crippen molar-refractivity contribution in [3.05, 3.63) is 66.0 Å². The van der Waals surface area contributed by atoms with E-state index in [1.807, 2.05) is 23.1 Å². The molecule has 0 bridgehead atoms. The molecule has 0 radical (unpaired) electrons. The summed E-state index contributed by atoms with van der Waals surface area (Å²) in [5.41, 5.74) is 1.75. The molecule has 0 spiro atoms. The van der Waals surface area contributed by atoms with Crippen LogP contribution in [-0.2, 0) is 10.2 Å². The average Bonchev–Trinajstić information content (AvgIpc) is 2.66. The normalized spacial score (nSPS) is 20.4. The first-order chi connectivity index (χ1) is 12.1. The fourth-order valence-corrected chi connectivity index (χ4v) is 3.31. The van der Waals surface area contributed by atoms with Crippen molar-refractivity contribution in [2.24, 2.45) is 0 Å². The van der Waals surface area contributed by atoms with Crippen molar-refractivity contribution in [1.29, 1.82) is 0 Å². The number of nitrogens with zero attached hydrogens (tertiary/aromatic N) is 2. The van der Waals surface area contributed by atoms with Crippen molar-refractivity contribution >= 4 is 11.8 Å². The van der Waals surface area contributed by atoms with Crippen LogP contribution in [-0.4, -0.2) is 41.3 Å². The second kappa shape index (κ2) is 7.47. The molecule has 1 saturated heterocycles. The lowest BCUT2D eigenvalue weighted by Crippen LogP contribution is -2.49. The molecule has 5 heteroatoms. The summed E-state index contributed by atoms with van der Waals surface area (Å²) >= 11 is 0. The summed E-state index contributed by atoms with van der Waals surface area (Å²) in [5.74, 6) is -0.00703. The van der Waals surface area contributed by atoms with Crippen molar-refractivity contribution in [3.8, 4) is 0 Å². The van der Waals surface area contributed by atoms with E-state index in [4.69, 9.17) is 0 Å². The fraction of sp³-hybridized carbons (Fsp3) is 0.350. The predicted molar refractivity (Wildman–Crippen MR) is 96.2 cm³/mol. The van der Waals surface area contributed by atoms with Gasteiger partial charge in [0.25, 0.3) is 5.91 Å². The highest BCUT2D eigenvalue weighted by molar-refractivity contribution is 5.93. The number of carbonyl (C=O) groups is 2. The van der Waals surface area contributed by atoms with Gasteiger partial charge in [0.15, 0.2) is 0 Å². The third-order valence-corrected chi connectivity index (χ3v) is 4.84. The van der Waals surface area contributed by atoms with Crippen molar-refractivity contribution in [2.75, 3.05) is 19.6 Å². The van der Waals surface area contributed by atoms with E-state index in [-0.39, 0.29) is 17.2 Å². The first-order valence-electron chi connectivity index (χ1n) is 8.60. The first-order valence-corrected chi connectivity index (χ1v) is 8.60. The van der Waals surface area contributed by atoms with Crippen molar-refractivity contribution < 1.29 is 9.59 Å². The lowest BCUT2D eigenvalue weighted by atomic mass is 9.76. The maximum atomic E-state index is 12.3. The maximum absolute atomic E-state index is 12.3. The van der Waals surface area contributed by atoms with E-state index in [0.29, 0.717) is 31.6 Å². The molecular weight excluding hydrogens is 314 g/mol. The number of hydrogen-bond donors (Lipinski definition) is 1. The number of carbonyl (C=O) groups excluding carboxylic acids is 2. The van der Waals surface area contributed by atoms with Gasteiger partial charge in [-0.2, -0.15) is 0 Å². The highest BCUT2D eigenvalue weighted by atomic mass is 16.2. The molecule has 3 rings (SSSR count). The van der Waals surface area contributed by atoms with Crippen molar-refractivity contribution in [3.63, 3.8) is 0 Å². The molecule has 2 aromatic rings. The number of aromatic nitrogens is 1. The molecule has 1 N–H and O–H groups in total. The van der Waals surface area contributed by atoms with E-state index in [1.54, 1.807) is 18.3 Å². The largest absolute Gasteiger partial charge is 0.350 e. The van der Waals surface area contributed by atoms with Gasteiger partial charge in [-0.3, -0.25) is 14.6 Å². The molecule has 0 unspecified atom stereocenters. The molecule has 5 nitrogen and oxygen atoms in total. The molecule has 1 aromatic carbocycles. The summed E-state index contributed by atoms with van der Waals surface area (Å²) in [5, 5.41) is 2.86. The third kappa shape index (κ3) is 4.05. The standard InChI is InChI=1S/C20H23N3O2/c1-20(17-7-3-2-4-8-17)10-9-18(24)23(15-20)13-12-22-19(25)16-6-5-11-21-14-16/h2-8,11,14H,9-10,12-13,15H2,1H3,(H,22,25)/t20-/m0/s1.